The predicted octanol–water partition coefficient (Wildman–Crippen LogP) is -1.04. The van der Waals surface area contributed by atoms with Crippen LogP contribution in [0.1, 0.15) is 0 Å². The summed E-state index contributed by atoms with van der Waals surface area (Å²) >= 11 is 0. The van der Waals surface area contributed by atoms with Crippen molar-refractivity contribution in [3.05, 3.63) is 11.8 Å². The molecule has 0 spiro atoms. The van der Waals surface area contributed by atoms with Gasteiger partial charge >= 0.3 is 0 Å². The van der Waals surface area contributed by atoms with Gasteiger partial charge in [0.2, 0.25) is 0 Å². The van der Waals surface area contributed by atoms with Gasteiger partial charge in [0.1, 0.15) is 0 Å². The van der Waals surface area contributed by atoms with E-state index in [2.05, 4.69) is 15.8 Å². The lowest BCUT2D eigenvalue weighted by atomic mass is 10.2. The Morgan fingerprint density at radius 3 is 3.33 bits per heavy atom. The highest BCUT2D eigenvalue weighted by atomic mass is 16.2. The highest BCUT2D eigenvalue weighted by Crippen LogP contribution is 2.09. The number of nitrogens with one attached hydrogen (secondary N) is 2. The van der Waals surface area contributed by atoms with Crippen LogP contribution >= 0.6 is 0 Å². The Kier molecular flexibility index (Phi) is 0.677. The molecule has 4 heteroatoms. The fraction of sp³-hybridized carbons (Fsp3) is 0.200. The van der Waals surface area contributed by atoms with E-state index >= 15 is 0 Å². The van der Waals surface area contributed by atoms with Gasteiger partial charge in [-0.25, -0.2) is 0 Å². The Morgan fingerprint density at radius 1 is 1.67 bits per heavy atom. The third-order valence-corrected chi connectivity index (χ3v) is 1.39. The van der Waals surface area contributed by atoms with Crippen molar-refractivity contribution in [1.29, 1.82) is 0 Å². The lowest BCUT2D eigenvalue weighted by Crippen LogP contribution is -2.32. The molecule has 4 nitrogen and oxygen atoms in total. The summed E-state index contributed by atoms with van der Waals surface area (Å²) in [5.41, 5.74) is 3.57. The quantitative estimate of drug-likeness (QED) is 0.432. The third-order valence-electron chi connectivity index (χ3n) is 1.39. The van der Waals surface area contributed by atoms with Crippen LogP contribution < -0.4 is 10.7 Å². The van der Waals surface area contributed by atoms with E-state index in [4.69, 9.17) is 0 Å². The van der Waals surface area contributed by atoms with Gasteiger partial charge in [-0.3, -0.25) is 10.2 Å². The molecular formula is C5H5N3O. The van der Waals surface area contributed by atoms with Crippen LogP contribution in [0.5, 0.6) is 0 Å². The van der Waals surface area contributed by atoms with Gasteiger partial charge in [-0.05, 0) is 0 Å². The molecule has 46 valence electrons. The number of fused-ring (bicyclic) bond motifs is 1. The van der Waals surface area contributed by atoms with Crippen LogP contribution in [-0.2, 0) is 4.79 Å². The molecule has 2 N–H and O–H groups in total. The molecule has 1 unspecified atom stereocenters. The first kappa shape index (κ1) is 4.55. The van der Waals surface area contributed by atoms with Crippen molar-refractivity contribution in [2.75, 3.05) is 0 Å². The summed E-state index contributed by atoms with van der Waals surface area (Å²) in [4.78, 5) is 10.8. The SMILES string of the molecule is O=C1NC=C2C=NNC12. The van der Waals surface area contributed by atoms with E-state index in [1.54, 1.807) is 12.4 Å². The lowest BCUT2D eigenvalue weighted by molar-refractivity contribution is -0.120. The monoisotopic (exact) mass is 123 g/mol. The molecule has 0 saturated carbocycles. The number of carbonyl (C=O) groups excluding carboxylic acids is 1. The molecule has 2 aliphatic heterocycles. The van der Waals surface area contributed by atoms with Crippen molar-refractivity contribution in [2.45, 2.75) is 6.04 Å². The Bertz CT molecular complexity index is 218. The average Bonchev–Trinajstić information content (AvgIpc) is 2.35. The van der Waals surface area contributed by atoms with Crippen LogP contribution in [-0.4, -0.2) is 18.2 Å². The average molecular weight is 123 g/mol. The second-order valence-electron chi connectivity index (χ2n) is 1.97. The molecule has 0 fully saturated rings. The first-order valence-electron chi connectivity index (χ1n) is 2.67. The minimum absolute atomic E-state index is 0.0255. The van der Waals surface area contributed by atoms with E-state index in [0.717, 1.165) is 5.57 Å². The first-order chi connectivity index (χ1) is 4.38. The van der Waals surface area contributed by atoms with Gasteiger partial charge in [0.05, 0.1) is 6.21 Å². The summed E-state index contributed by atoms with van der Waals surface area (Å²) in [6.07, 6.45) is 3.30. The standard InChI is InChI=1S/C5H5N3O/c9-5-4-3(1-6-5)2-7-8-4/h1-2,4,8H,(H,6,9). The van der Waals surface area contributed by atoms with Crippen molar-refractivity contribution in [3.63, 3.8) is 0 Å². The summed E-state index contributed by atoms with van der Waals surface area (Å²) in [6, 6.07) is -0.218. The van der Waals surface area contributed by atoms with E-state index in [1.807, 2.05) is 0 Å². The molecule has 2 heterocycles. The predicted molar refractivity (Wildman–Crippen MR) is 31.6 cm³/mol. The molecule has 0 aromatic heterocycles. The number of carbonyl (C=O) groups is 1. The van der Waals surface area contributed by atoms with Gasteiger partial charge in [-0.15, -0.1) is 0 Å². The van der Waals surface area contributed by atoms with Crippen molar-refractivity contribution in [2.24, 2.45) is 5.10 Å². The van der Waals surface area contributed by atoms with Crippen LogP contribution in [0.25, 0.3) is 0 Å². The Balaban J connectivity index is 2.36. The minimum atomic E-state index is -0.218. The molecular weight excluding hydrogens is 118 g/mol. The highest BCUT2D eigenvalue weighted by molar-refractivity contribution is 6.00. The van der Waals surface area contributed by atoms with E-state index in [-0.39, 0.29) is 11.9 Å². The van der Waals surface area contributed by atoms with Crippen molar-refractivity contribution < 1.29 is 4.79 Å². The third kappa shape index (κ3) is 0.468. The van der Waals surface area contributed by atoms with Crippen molar-refractivity contribution in [1.82, 2.24) is 10.7 Å². The number of amides is 1. The first-order valence-corrected chi connectivity index (χ1v) is 2.67. The zero-order valence-corrected chi connectivity index (χ0v) is 4.59. The van der Waals surface area contributed by atoms with E-state index in [9.17, 15) is 4.79 Å². The summed E-state index contributed by atoms with van der Waals surface area (Å²) < 4.78 is 0. The molecule has 9 heavy (non-hydrogen) atoms. The normalized spacial score (nSPS) is 29.1. The minimum Gasteiger partial charge on any atom is -0.330 e. The molecule has 1 amide bonds. The maximum absolute atomic E-state index is 10.8. The van der Waals surface area contributed by atoms with E-state index < -0.39 is 0 Å². The molecule has 2 rings (SSSR count). The molecule has 1 atom stereocenters. The van der Waals surface area contributed by atoms with Gasteiger partial charge < -0.3 is 5.32 Å². The number of hydrogen-bond acceptors (Lipinski definition) is 3. The van der Waals surface area contributed by atoms with Gasteiger partial charge in [-0.2, -0.15) is 5.10 Å². The second kappa shape index (κ2) is 1.34. The summed E-state index contributed by atoms with van der Waals surface area (Å²) in [5.74, 6) is -0.0255. The molecule has 0 radical (unpaired) electrons. The summed E-state index contributed by atoms with van der Waals surface area (Å²) in [7, 11) is 0. The summed E-state index contributed by atoms with van der Waals surface area (Å²) in [5, 5.41) is 6.28. The number of nitrogens with zero attached hydrogens (tertiary/aromatic N) is 1. The second-order valence-corrected chi connectivity index (χ2v) is 1.97. The van der Waals surface area contributed by atoms with Gasteiger partial charge in [0.25, 0.3) is 5.91 Å². The molecule has 2 aliphatic rings. The fourth-order valence-corrected chi connectivity index (χ4v) is 0.904. The molecule has 0 aromatic rings. The van der Waals surface area contributed by atoms with Crippen LogP contribution in [0.2, 0.25) is 0 Å². The topological polar surface area (TPSA) is 53.5 Å². The Hall–Kier alpha value is -1.32. The zero-order chi connectivity index (χ0) is 6.27. The van der Waals surface area contributed by atoms with E-state index in [1.165, 1.54) is 0 Å². The fourth-order valence-electron chi connectivity index (χ4n) is 0.904. The van der Waals surface area contributed by atoms with Gasteiger partial charge in [0, 0.05) is 11.8 Å². The van der Waals surface area contributed by atoms with Gasteiger partial charge in [0.15, 0.2) is 6.04 Å². The van der Waals surface area contributed by atoms with E-state index in [0.29, 0.717) is 0 Å². The largest absolute Gasteiger partial charge is 0.330 e. The Labute approximate surface area is 51.6 Å². The smallest absolute Gasteiger partial charge is 0.252 e. The highest BCUT2D eigenvalue weighted by Gasteiger charge is 2.28. The maximum atomic E-state index is 10.8. The zero-order valence-electron chi connectivity index (χ0n) is 4.59. The van der Waals surface area contributed by atoms with Crippen LogP contribution in [0.4, 0.5) is 0 Å². The van der Waals surface area contributed by atoms with Crippen molar-refractivity contribution in [3.8, 4) is 0 Å². The Morgan fingerprint density at radius 2 is 2.56 bits per heavy atom. The maximum Gasteiger partial charge on any atom is 0.252 e. The lowest BCUT2D eigenvalue weighted by Gasteiger charge is -1.99. The number of hydrogen-bond donors (Lipinski definition) is 2. The molecule has 0 bridgehead atoms. The van der Waals surface area contributed by atoms with Crippen molar-refractivity contribution >= 4 is 12.1 Å². The molecule has 0 aromatic carbocycles. The van der Waals surface area contributed by atoms with Crippen LogP contribution in [0.3, 0.4) is 0 Å². The molecule has 0 aliphatic carbocycles. The van der Waals surface area contributed by atoms with Gasteiger partial charge in [-0.1, -0.05) is 0 Å². The number of rotatable bonds is 0. The number of hydrazone groups is 1. The van der Waals surface area contributed by atoms with Crippen LogP contribution in [0.15, 0.2) is 16.9 Å². The van der Waals surface area contributed by atoms with Crippen LogP contribution in [0, 0.1) is 0 Å². The molecule has 0 saturated heterocycles. The summed E-state index contributed by atoms with van der Waals surface area (Å²) in [6.45, 7) is 0.